The summed E-state index contributed by atoms with van der Waals surface area (Å²) >= 11 is 0. The first-order valence-corrected chi connectivity index (χ1v) is 4.90. The molecule has 2 atom stereocenters. The third kappa shape index (κ3) is 9.07. The van der Waals surface area contributed by atoms with Crippen LogP contribution in [0.5, 0.6) is 0 Å². The van der Waals surface area contributed by atoms with E-state index in [1.54, 1.807) is 0 Å². The molecule has 0 amide bonds. The molecule has 0 aliphatic heterocycles. The van der Waals surface area contributed by atoms with Gasteiger partial charge in [-0.15, -0.1) is 0 Å². The lowest BCUT2D eigenvalue weighted by Crippen LogP contribution is -2.26. The van der Waals surface area contributed by atoms with Crippen molar-refractivity contribution in [3.63, 3.8) is 0 Å². The molecule has 0 bridgehead atoms. The second kappa shape index (κ2) is 7.98. The van der Waals surface area contributed by atoms with Crippen molar-refractivity contribution in [1.82, 2.24) is 0 Å². The Kier molecular flexibility index (Phi) is 7.01. The van der Waals surface area contributed by atoms with Gasteiger partial charge in [0.05, 0.1) is 0 Å². The first-order valence-electron chi connectivity index (χ1n) is 4.90. The van der Waals surface area contributed by atoms with Gasteiger partial charge in [-0.05, 0) is 13.8 Å². The Morgan fingerprint density at radius 2 is 1.39 bits per heavy atom. The van der Waals surface area contributed by atoms with Crippen molar-refractivity contribution >= 4 is 18.5 Å². The molecule has 0 rings (SSSR count). The zero-order valence-electron chi connectivity index (χ0n) is 9.82. The molecule has 18 heavy (non-hydrogen) atoms. The van der Waals surface area contributed by atoms with Gasteiger partial charge in [-0.2, -0.15) is 0 Å². The van der Waals surface area contributed by atoms with Crippen molar-refractivity contribution in [2.24, 2.45) is 0 Å². The molecule has 0 aliphatic rings. The van der Waals surface area contributed by atoms with E-state index in [4.69, 9.17) is 10.2 Å². The quantitative estimate of drug-likeness (QED) is 0.539. The monoisotopic (exact) mass is 266 g/mol. The van der Waals surface area contributed by atoms with Crippen LogP contribution in [0.3, 0.4) is 0 Å². The van der Waals surface area contributed by atoms with E-state index < -0.39 is 30.7 Å². The van der Waals surface area contributed by atoms with Crippen molar-refractivity contribution < 1.29 is 43.5 Å². The average molecular weight is 266 g/mol. The summed E-state index contributed by atoms with van der Waals surface area (Å²) in [5.74, 6) is 0. The van der Waals surface area contributed by atoms with E-state index in [9.17, 15) is 14.4 Å². The fraction of sp³-hybridized carbons (Fsp3) is 0.667. The molecule has 9 heteroatoms. The fourth-order valence-electron chi connectivity index (χ4n) is 0.812. The normalized spacial score (nSPS) is 13.0. The summed E-state index contributed by atoms with van der Waals surface area (Å²) < 4.78 is 17.6. The number of hydrogen-bond donors (Lipinski definition) is 2. The van der Waals surface area contributed by atoms with Gasteiger partial charge >= 0.3 is 18.5 Å². The second-order valence-corrected chi connectivity index (χ2v) is 3.26. The minimum atomic E-state index is -1.48. The van der Waals surface area contributed by atoms with Gasteiger partial charge in [-0.1, -0.05) is 0 Å². The molecule has 104 valence electrons. The zero-order chi connectivity index (χ0) is 14.1. The van der Waals surface area contributed by atoms with Gasteiger partial charge in [-0.3, -0.25) is 0 Å². The summed E-state index contributed by atoms with van der Waals surface area (Å²) in [6.07, 6.45) is -5.69. The highest BCUT2D eigenvalue weighted by molar-refractivity contribution is 5.60. The fourth-order valence-corrected chi connectivity index (χ4v) is 0.812. The molecule has 0 saturated carbocycles. The number of ether oxygens (including phenoxy) is 4. The maximum absolute atomic E-state index is 11.0. The third-order valence-corrected chi connectivity index (χ3v) is 1.48. The Bertz CT molecular complexity index is 300. The lowest BCUT2D eigenvalue weighted by molar-refractivity contribution is -0.0238. The minimum Gasteiger partial charge on any atom is -0.450 e. The Hall–Kier alpha value is -2.19. The molecular formula is C9H14O9. The van der Waals surface area contributed by atoms with Gasteiger partial charge in [-0.25, -0.2) is 14.4 Å². The predicted molar refractivity (Wildman–Crippen MR) is 54.4 cm³/mol. The van der Waals surface area contributed by atoms with Crippen molar-refractivity contribution in [1.29, 1.82) is 0 Å². The van der Waals surface area contributed by atoms with Crippen LogP contribution in [-0.2, 0) is 18.9 Å². The highest BCUT2D eigenvalue weighted by atomic mass is 16.7. The SMILES string of the molecule is CC(COC(=O)OC(C)COC(=O)O)OC(=O)O. The molecular weight excluding hydrogens is 252 g/mol. The molecule has 0 fully saturated rings. The van der Waals surface area contributed by atoms with E-state index in [0.29, 0.717) is 0 Å². The van der Waals surface area contributed by atoms with Gasteiger partial charge in [0.25, 0.3) is 0 Å². The summed E-state index contributed by atoms with van der Waals surface area (Å²) in [7, 11) is 0. The molecule has 0 heterocycles. The van der Waals surface area contributed by atoms with Gasteiger partial charge in [0, 0.05) is 0 Å². The summed E-state index contributed by atoms with van der Waals surface area (Å²) in [6, 6.07) is 0. The number of carboxylic acid groups (broad SMARTS) is 2. The van der Waals surface area contributed by atoms with Crippen LogP contribution < -0.4 is 0 Å². The molecule has 0 aliphatic carbocycles. The summed E-state index contributed by atoms with van der Waals surface area (Å²) in [4.78, 5) is 31.2. The maximum Gasteiger partial charge on any atom is 0.508 e. The summed E-state index contributed by atoms with van der Waals surface area (Å²) in [6.45, 7) is 2.16. The molecule has 2 unspecified atom stereocenters. The maximum atomic E-state index is 11.0. The Morgan fingerprint density at radius 1 is 0.889 bits per heavy atom. The standard InChI is InChI=1S/C9H14O9/c1-5(17-8(12)13)4-16-9(14)18-6(2)3-15-7(10)11/h5-6H,3-4H2,1-2H3,(H,10,11)(H,12,13). The minimum absolute atomic E-state index is 0.308. The van der Waals surface area contributed by atoms with Crippen LogP contribution in [0.15, 0.2) is 0 Å². The topological polar surface area (TPSA) is 129 Å². The Labute approximate surface area is 102 Å². The highest BCUT2D eigenvalue weighted by Gasteiger charge is 2.15. The van der Waals surface area contributed by atoms with Crippen molar-refractivity contribution in [3.05, 3.63) is 0 Å². The molecule has 2 N–H and O–H groups in total. The second-order valence-electron chi connectivity index (χ2n) is 3.26. The molecule has 9 nitrogen and oxygen atoms in total. The van der Waals surface area contributed by atoms with E-state index in [1.165, 1.54) is 13.8 Å². The van der Waals surface area contributed by atoms with Gasteiger partial charge in [0.15, 0.2) is 0 Å². The smallest absolute Gasteiger partial charge is 0.450 e. The molecule has 0 aromatic carbocycles. The Balaban J connectivity index is 3.76. The van der Waals surface area contributed by atoms with E-state index >= 15 is 0 Å². The number of hydrogen-bond acceptors (Lipinski definition) is 7. The first kappa shape index (κ1) is 15.8. The largest absolute Gasteiger partial charge is 0.508 e. The molecule has 0 spiro atoms. The van der Waals surface area contributed by atoms with Crippen molar-refractivity contribution in [2.45, 2.75) is 26.1 Å². The van der Waals surface area contributed by atoms with Gasteiger partial charge in [0.2, 0.25) is 0 Å². The number of rotatable bonds is 6. The van der Waals surface area contributed by atoms with Crippen LogP contribution >= 0.6 is 0 Å². The number of carbonyl (C=O) groups is 3. The first-order chi connectivity index (χ1) is 8.31. The van der Waals surface area contributed by atoms with E-state index in [1.807, 2.05) is 0 Å². The zero-order valence-corrected chi connectivity index (χ0v) is 9.82. The van der Waals surface area contributed by atoms with Crippen molar-refractivity contribution in [3.8, 4) is 0 Å². The van der Waals surface area contributed by atoms with E-state index in [2.05, 4.69) is 18.9 Å². The van der Waals surface area contributed by atoms with E-state index in [-0.39, 0.29) is 13.2 Å². The highest BCUT2D eigenvalue weighted by Crippen LogP contribution is 1.99. The van der Waals surface area contributed by atoms with Gasteiger partial charge < -0.3 is 29.2 Å². The molecule has 0 aromatic heterocycles. The molecule has 0 saturated heterocycles. The number of carbonyl (C=O) groups excluding carboxylic acids is 1. The van der Waals surface area contributed by atoms with E-state index in [0.717, 1.165) is 0 Å². The lowest BCUT2D eigenvalue weighted by atomic mass is 10.4. The van der Waals surface area contributed by atoms with Crippen LogP contribution in [0.4, 0.5) is 14.4 Å². The summed E-state index contributed by atoms with van der Waals surface area (Å²) in [5, 5.41) is 16.4. The summed E-state index contributed by atoms with van der Waals surface area (Å²) in [5.41, 5.74) is 0. The van der Waals surface area contributed by atoms with Crippen LogP contribution in [-0.4, -0.2) is 54.1 Å². The average Bonchev–Trinajstić information content (AvgIpc) is 2.22. The van der Waals surface area contributed by atoms with Crippen LogP contribution in [0.1, 0.15) is 13.8 Å². The van der Waals surface area contributed by atoms with Crippen LogP contribution in [0.25, 0.3) is 0 Å². The lowest BCUT2D eigenvalue weighted by Gasteiger charge is -2.14. The van der Waals surface area contributed by atoms with Gasteiger partial charge in [0.1, 0.15) is 25.4 Å². The predicted octanol–water partition coefficient (Wildman–Crippen LogP) is 1.31. The molecule has 0 aromatic rings. The van der Waals surface area contributed by atoms with Crippen molar-refractivity contribution in [2.75, 3.05) is 13.2 Å². The van der Waals surface area contributed by atoms with Crippen LogP contribution in [0.2, 0.25) is 0 Å². The Morgan fingerprint density at radius 3 is 1.89 bits per heavy atom. The third-order valence-electron chi connectivity index (χ3n) is 1.48. The molecule has 0 radical (unpaired) electrons. The van der Waals surface area contributed by atoms with Crippen LogP contribution in [0, 0.1) is 0 Å².